The summed E-state index contributed by atoms with van der Waals surface area (Å²) < 4.78 is 5.22. The van der Waals surface area contributed by atoms with Crippen LogP contribution >= 0.6 is 0 Å². The SMILES string of the molecule is COc1c(NN)ncnc1N(CC(N)=O)C(C)C. The van der Waals surface area contributed by atoms with Gasteiger partial charge in [0, 0.05) is 6.04 Å². The van der Waals surface area contributed by atoms with Crippen LogP contribution in [0.15, 0.2) is 6.33 Å². The smallest absolute Gasteiger partial charge is 0.237 e. The predicted octanol–water partition coefficient (Wildman–Crippen LogP) is -0.529. The van der Waals surface area contributed by atoms with Crippen molar-refractivity contribution >= 4 is 17.5 Å². The van der Waals surface area contributed by atoms with Crippen LogP contribution in [0.1, 0.15) is 13.8 Å². The lowest BCUT2D eigenvalue weighted by molar-refractivity contribution is -0.116. The van der Waals surface area contributed by atoms with E-state index in [-0.39, 0.29) is 12.6 Å². The Morgan fingerprint density at radius 2 is 2.22 bits per heavy atom. The number of hydrogen-bond acceptors (Lipinski definition) is 7. The van der Waals surface area contributed by atoms with Gasteiger partial charge in [0.25, 0.3) is 0 Å². The first kappa shape index (κ1) is 14.0. The zero-order valence-corrected chi connectivity index (χ0v) is 10.7. The molecule has 8 nitrogen and oxygen atoms in total. The lowest BCUT2D eigenvalue weighted by atomic mass is 10.3. The molecule has 5 N–H and O–H groups in total. The predicted molar refractivity (Wildman–Crippen MR) is 68.1 cm³/mol. The number of carbonyl (C=O) groups is 1. The van der Waals surface area contributed by atoms with Crippen molar-refractivity contribution in [2.24, 2.45) is 11.6 Å². The first-order chi connectivity index (χ1) is 8.51. The van der Waals surface area contributed by atoms with Crippen LogP contribution in [-0.2, 0) is 4.79 Å². The van der Waals surface area contributed by atoms with Gasteiger partial charge in [-0.15, -0.1) is 0 Å². The van der Waals surface area contributed by atoms with Gasteiger partial charge in [0.15, 0.2) is 11.6 Å². The molecule has 0 spiro atoms. The van der Waals surface area contributed by atoms with Crippen LogP contribution in [-0.4, -0.2) is 35.6 Å². The molecule has 0 aliphatic heterocycles. The molecule has 0 aromatic carbocycles. The molecule has 1 amide bonds. The number of primary amides is 1. The molecule has 8 heteroatoms. The molecular weight excluding hydrogens is 236 g/mol. The average Bonchev–Trinajstić information content (AvgIpc) is 2.34. The van der Waals surface area contributed by atoms with Gasteiger partial charge in [-0.25, -0.2) is 15.8 Å². The van der Waals surface area contributed by atoms with E-state index in [0.29, 0.717) is 17.4 Å². The van der Waals surface area contributed by atoms with Gasteiger partial charge >= 0.3 is 0 Å². The number of nitrogens with zero attached hydrogens (tertiary/aromatic N) is 3. The molecule has 0 aliphatic carbocycles. The summed E-state index contributed by atoms with van der Waals surface area (Å²) in [4.78, 5) is 20.9. The molecule has 0 radical (unpaired) electrons. The molecule has 0 saturated heterocycles. The van der Waals surface area contributed by atoms with Gasteiger partial charge in [-0.1, -0.05) is 0 Å². The molecule has 0 saturated carbocycles. The van der Waals surface area contributed by atoms with Crippen LogP contribution in [0.4, 0.5) is 11.6 Å². The lowest BCUT2D eigenvalue weighted by Crippen LogP contribution is -2.39. The zero-order chi connectivity index (χ0) is 13.7. The van der Waals surface area contributed by atoms with E-state index in [1.165, 1.54) is 13.4 Å². The number of methoxy groups -OCH3 is 1. The molecule has 1 aromatic rings. The van der Waals surface area contributed by atoms with Gasteiger partial charge in [0.05, 0.1) is 13.7 Å². The number of nitrogen functional groups attached to an aromatic ring is 1. The maximum atomic E-state index is 11.1. The van der Waals surface area contributed by atoms with Gasteiger partial charge in [-0.3, -0.25) is 4.79 Å². The molecule has 100 valence electrons. The monoisotopic (exact) mass is 254 g/mol. The Kier molecular flexibility index (Phi) is 4.67. The van der Waals surface area contributed by atoms with Crippen molar-refractivity contribution in [3.8, 4) is 5.75 Å². The largest absolute Gasteiger partial charge is 0.490 e. The van der Waals surface area contributed by atoms with Crippen molar-refractivity contribution in [1.29, 1.82) is 0 Å². The van der Waals surface area contributed by atoms with Crippen LogP contribution in [0.5, 0.6) is 5.75 Å². The average molecular weight is 254 g/mol. The molecule has 1 heterocycles. The van der Waals surface area contributed by atoms with Crippen molar-refractivity contribution in [3.63, 3.8) is 0 Å². The van der Waals surface area contributed by atoms with Crippen molar-refractivity contribution in [3.05, 3.63) is 6.33 Å². The molecule has 0 aliphatic rings. The third kappa shape index (κ3) is 2.98. The van der Waals surface area contributed by atoms with E-state index in [1.54, 1.807) is 4.90 Å². The Bertz CT molecular complexity index is 423. The molecule has 0 unspecified atom stereocenters. The highest BCUT2D eigenvalue weighted by atomic mass is 16.5. The van der Waals surface area contributed by atoms with Crippen molar-refractivity contribution in [2.45, 2.75) is 19.9 Å². The summed E-state index contributed by atoms with van der Waals surface area (Å²) in [5.41, 5.74) is 7.64. The van der Waals surface area contributed by atoms with Crippen LogP contribution in [0.25, 0.3) is 0 Å². The van der Waals surface area contributed by atoms with E-state index >= 15 is 0 Å². The van der Waals surface area contributed by atoms with E-state index in [1.807, 2.05) is 13.8 Å². The van der Waals surface area contributed by atoms with Crippen molar-refractivity contribution in [2.75, 3.05) is 24.0 Å². The number of nitrogens with one attached hydrogen (secondary N) is 1. The minimum atomic E-state index is -0.452. The summed E-state index contributed by atoms with van der Waals surface area (Å²) in [6.45, 7) is 3.87. The maximum absolute atomic E-state index is 11.1. The third-order valence-electron chi connectivity index (χ3n) is 2.35. The third-order valence-corrected chi connectivity index (χ3v) is 2.35. The number of anilines is 2. The Hall–Kier alpha value is -2.09. The van der Waals surface area contributed by atoms with Gasteiger partial charge in [0.1, 0.15) is 6.33 Å². The molecule has 0 fully saturated rings. The minimum absolute atomic E-state index is 0.0203. The summed E-state index contributed by atoms with van der Waals surface area (Å²) >= 11 is 0. The topological polar surface area (TPSA) is 119 Å². The van der Waals surface area contributed by atoms with Gasteiger partial charge in [0.2, 0.25) is 11.7 Å². The van der Waals surface area contributed by atoms with E-state index in [9.17, 15) is 4.79 Å². The molecular formula is C10H18N6O2. The fourth-order valence-corrected chi connectivity index (χ4v) is 1.53. The summed E-state index contributed by atoms with van der Waals surface area (Å²) in [5.74, 6) is 6.07. The highest BCUT2D eigenvalue weighted by Crippen LogP contribution is 2.32. The second kappa shape index (κ2) is 6.01. The number of hydrazine groups is 1. The highest BCUT2D eigenvalue weighted by molar-refractivity contribution is 5.80. The number of hydrogen-bond donors (Lipinski definition) is 3. The minimum Gasteiger partial charge on any atom is -0.490 e. The summed E-state index contributed by atoms with van der Waals surface area (Å²) in [5, 5.41) is 0. The zero-order valence-electron chi connectivity index (χ0n) is 10.7. The number of carbonyl (C=O) groups excluding carboxylic acids is 1. The van der Waals surface area contributed by atoms with Crippen molar-refractivity contribution < 1.29 is 9.53 Å². The van der Waals surface area contributed by atoms with Crippen molar-refractivity contribution in [1.82, 2.24) is 9.97 Å². The first-order valence-corrected chi connectivity index (χ1v) is 5.41. The van der Waals surface area contributed by atoms with Crippen LogP contribution in [0.3, 0.4) is 0 Å². The Balaban J connectivity index is 3.22. The van der Waals surface area contributed by atoms with Gasteiger partial charge < -0.3 is 20.8 Å². The number of nitrogens with two attached hydrogens (primary N) is 2. The first-order valence-electron chi connectivity index (χ1n) is 5.41. The summed E-state index contributed by atoms with van der Waals surface area (Å²) in [7, 11) is 1.48. The van der Waals surface area contributed by atoms with Crippen LogP contribution in [0, 0.1) is 0 Å². The molecule has 1 aromatic heterocycles. The fraction of sp³-hybridized carbons (Fsp3) is 0.500. The molecule has 0 atom stereocenters. The molecule has 0 bridgehead atoms. The van der Waals surface area contributed by atoms with Crippen LogP contribution in [0.2, 0.25) is 0 Å². The second-order valence-corrected chi connectivity index (χ2v) is 3.91. The quantitative estimate of drug-likeness (QED) is 0.461. The molecule has 18 heavy (non-hydrogen) atoms. The Morgan fingerprint density at radius 3 is 2.67 bits per heavy atom. The fourth-order valence-electron chi connectivity index (χ4n) is 1.53. The van der Waals surface area contributed by atoms with E-state index in [2.05, 4.69) is 15.4 Å². The highest BCUT2D eigenvalue weighted by Gasteiger charge is 2.21. The number of rotatable bonds is 6. The van der Waals surface area contributed by atoms with E-state index in [4.69, 9.17) is 16.3 Å². The van der Waals surface area contributed by atoms with Crippen LogP contribution < -0.4 is 26.6 Å². The number of amides is 1. The maximum Gasteiger partial charge on any atom is 0.237 e. The van der Waals surface area contributed by atoms with Gasteiger partial charge in [-0.05, 0) is 13.8 Å². The summed E-state index contributed by atoms with van der Waals surface area (Å²) in [6.07, 6.45) is 1.34. The number of aromatic nitrogens is 2. The normalized spacial score (nSPS) is 10.3. The number of ether oxygens (including phenoxy) is 1. The lowest BCUT2D eigenvalue weighted by Gasteiger charge is -2.27. The van der Waals surface area contributed by atoms with Gasteiger partial charge in [-0.2, -0.15) is 0 Å². The second-order valence-electron chi connectivity index (χ2n) is 3.91. The molecule has 1 rings (SSSR count). The Morgan fingerprint density at radius 1 is 1.56 bits per heavy atom. The standard InChI is InChI=1S/C10H18N6O2/c1-6(2)16(4-7(11)17)10-8(18-3)9(15-12)13-5-14-10/h5-6H,4,12H2,1-3H3,(H2,11,17)(H,13,14,15). The summed E-state index contributed by atoms with van der Waals surface area (Å²) in [6, 6.07) is 0.0203. The van der Waals surface area contributed by atoms with E-state index in [0.717, 1.165) is 0 Å². The Labute approximate surface area is 105 Å². The van der Waals surface area contributed by atoms with E-state index < -0.39 is 5.91 Å².